The van der Waals surface area contributed by atoms with Gasteiger partial charge in [-0.25, -0.2) is 9.59 Å². The predicted molar refractivity (Wildman–Crippen MR) is 344 cm³/mol. The third-order valence-electron chi connectivity index (χ3n) is 17.9. The Morgan fingerprint density at radius 1 is 0.407 bits per heavy atom. The lowest BCUT2D eigenvalue weighted by Gasteiger charge is -2.37. The molecule has 0 aliphatic rings. The highest BCUT2D eigenvalue weighted by molar-refractivity contribution is 7.43. The van der Waals surface area contributed by atoms with Crippen molar-refractivity contribution >= 4 is 26.5 Å². The Morgan fingerprint density at radius 3 is 0.975 bits per heavy atom. The van der Waals surface area contributed by atoms with E-state index in [0.717, 1.165) is 25.7 Å². The van der Waals surface area contributed by atoms with Gasteiger partial charge in [-0.15, -0.1) is 0 Å². The second kappa shape index (κ2) is 39.5. The van der Waals surface area contributed by atoms with Crippen molar-refractivity contribution in [2.45, 2.75) is 297 Å². The monoisotopic (exact) mass is 1150 g/mol. The Labute approximate surface area is 500 Å². The Hall–Kier alpha value is -3.12. The van der Waals surface area contributed by atoms with Gasteiger partial charge in [0.1, 0.15) is 22.6 Å². The van der Waals surface area contributed by atoms with Crippen LogP contribution < -0.4 is 9.05 Å². The van der Waals surface area contributed by atoms with Crippen LogP contribution in [-0.2, 0) is 18.8 Å². The lowest BCUT2D eigenvalue weighted by Crippen LogP contribution is -2.30. The zero-order chi connectivity index (χ0) is 60.5. The first-order chi connectivity index (χ1) is 38.2. The van der Waals surface area contributed by atoms with Crippen LogP contribution in [0.25, 0.3) is 0 Å². The van der Waals surface area contributed by atoms with E-state index in [1.165, 1.54) is 161 Å². The lowest BCUT2D eigenvalue weighted by molar-refractivity contribution is -0.132. The van der Waals surface area contributed by atoms with Crippen molar-refractivity contribution in [1.29, 1.82) is 0 Å². The zero-order valence-electron chi connectivity index (χ0n) is 55.5. The van der Waals surface area contributed by atoms with Gasteiger partial charge in [0.15, 0.2) is 0 Å². The van der Waals surface area contributed by atoms with Gasteiger partial charge in [0.25, 0.3) is 0 Å². The van der Waals surface area contributed by atoms with Crippen molar-refractivity contribution in [3.8, 4) is 11.5 Å². The van der Waals surface area contributed by atoms with Crippen LogP contribution in [0.5, 0.6) is 11.5 Å². The Morgan fingerprint density at radius 2 is 0.691 bits per heavy atom. The van der Waals surface area contributed by atoms with Crippen LogP contribution in [0.3, 0.4) is 0 Å². The van der Waals surface area contributed by atoms with Gasteiger partial charge >= 0.3 is 26.5 Å². The average molecular weight is 1150 g/mol. The number of carbonyl (C=O) groups is 3. The predicted octanol–water partition coefficient (Wildman–Crippen LogP) is 23.1. The molecule has 0 amide bonds. The van der Waals surface area contributed by atoms with E-state index in [9.17, 15) is 14.4 Å². The van der Waals surface area contributed by atoms with Crippen LogP contribution in [0.4, 0.5) is 0 Å². The fourth-order valence-corrected chi connectivity index (χ4v) is 12.6. The molecule has 0 bridgehead atoms. The van der Waals surface area contributed by atoms with Crippen LogP contribution in [0, 0.1) is 57.2 Å². The third-order valence-corrected chi connectivity index (χ3v) is 19.0. The minimum Gasteiger partial charge on any atom is -0.462 e. The Balaban J connectivity index is 2.16. The van der Waals surface area contributed by atoms with Gasteiger partial charge in [0.05, 0.1) is 13.2 Å². The van der Waals surface area contributed by atoms with E-state index in [-0.39, 0.29) is 69.3 Å². The minimum atomic E-state index is -2.47. The van der Waals surface area contributed by atoms with E-state index in [4.69, 9.17) is 23.0 Å². The molecule has 0 aliphatic heterocycles. The van der Waals surface area contributed by atoms with E-state index in [1.54, 1.807) is 48.5 Å². The molecule has 0 saturated carbocycles. The van der Waals surface area contributed by atoms with Crippen LogP contribution in [0.15, 0.2) is 48.5 Å². The summed E-state index contributed by atoms with van der Waals surface area (Å²) in [5, 5.41) is 0. The normalized spacial score (nSPS) is 15.0. The highest BCUT2D eigenvalue weighted by Crippen LogP contribution is 2.46. The molecule has 0 spiro atoms. The van der Waals surface area contributed by atoms with E-state index < -0.39 is 26.5 Å². The maximum atomic E-state index is 14.1. The van der Waals surface area contributed by atoms with E-state index in [2.05, 4.69) is 111 Å². The molecule has 2 rings (SSSR count). The SMILES string of the molecule is CCCCCCCCCCCCC(CC(CC)CC(COC(=O)c1ccccc1OP(OC(C)=O)Oc1ccccc1C(=O)OCC(CC(CC)CC(CCCCCCCCCCCC)C(C)(C)C)C(C)(C)C)C(C)(C)C)C(C)(C)C. The quantitative estimate of drug-likeness (QED) is 0.0368. The number of hydrogen-bond acceptors (Lipinski definition) is 8. The molecule has 0 N–H and O–H groups in total. The van der Waals surface area contributed by atoms with Gasteiger partial charge in [-0.1, -0.05) is 276 Å². The molecule has 0 aliphatic carbocycles. The van der Waals surface area contributed by atoms with Gasteiger partial charge in [0.2, 0.25) is 0 Å². The first kappa shape index (κ1) is 74.0. The van der Waals surface area contributed by atoms with Gasteiger partial charge in [-0.3, -0.25) is 4.79 Å². The summed E-state index contributed by atoms with van der Waals surface area (Å²) in [5.74, 6) is 1.17. The van der Waals surface area contributed by atoms with Crippen LogP contribution in [0.1, 0.15) is 318 Å². The fraction of sp³-hybridized carbons (Fsp3) is 0.792. The number of rotatable bonds is 43. The number of para-hydroxylation sites is 2. The van der Waals surface area contributed by atoms with Crippen LogP contribution in [-0.4, -0.2) is 31.1 Å². The second-order valence-corrected chi connectivity index (χ2v) is 29.9. The molecule has 6 atom stereocenters. The summed E-state index contributed by atoms with van der Waals surface area (Å²) >= 11 is 0. The number of hydrogen-bond donors (Lipinski definition) is 0. The van der Waals surface area contributed by atoms with E-state index in [1.807, 2.05) is 0 Å². The van der Waals surface area contributed by atoms with Gasteiger partial charge < -0.3 is 23.0 Å². The van der Waals surface area contributed by atoms with Crippen molar-refractivity contribution in [1.82, 2.24) is 0 Å². The molecular weight excluding hydrogens is 1020 g/mol. The fourth-order valence-electron chi connectivity index (χ4n) is 11.6. The van der Waals surface area contributed by atoms with Gasteiger partial charge in [-0.2, -0.15) is 0 Å². The number of carbonyl (C=O) groups excluding carboxylic acids is 3. The minimum absolute atomic E-state index is 0.101. The molecule has 0 fully saturated rings. The molecule has 466 valence electrons. The van der Waals surface area contributed by atoms with E-state index >= 15 is 0 Å². The van der Waals surface area contributed by atoms with Crippen molar-refractivity contribution in [2.75, 3.05) is 13.2 Å². The summed E-state index contributed by atoms with van der Waals surface area (Å²) in [6, 6.07) is 13.6. The molecule has 6 unspecified atom stereocenters. The first-order valence-corrected chi connectivity index (χ1v) is 34.2. The Bertz CT molecular complexity index is 1850. The van der Waals surface area contributed by atoms with Crippen molar-refractivity contribution in [3.05, 3.63) is 59.7 Å². The van der Waals surface area contributed by atoms with Crippen molar-refractivity contribution in [3.63, 3.8) is 0 Å². The number of unbranched alkanes of at least 4 members (excludes halogenated alkanes) is 18. The first-order valence-electron chi connectivity index (χ1n) is 33.1. The molecule has 9 heteroatoms. The molecule has 2 aromatic carbocycles. The second-order valence-electron chi connectivity index (χ2n) is 28.9. The zero-order valence-corrected chi connectivity index (χ0v) is 56.4. The summed E-state index contributed by atoms with van der Waals surface area (Å²) in [4.78, 5) is 40.9. The lowest BCUT2D eigenvalue weighted by atomic mass is 9.69. The van der Waals surface area contributed by atoms with Gasteiger partial charge in [-0.05, 0) is 120 Å². The molecule has 0 heterocycles. The summed E-state index contributed by atoms with van der Waals surface area (Å²) in [7, 11) is -2.47. The summed E-state index contributed by atoms with van der Waals surface area (Å²) in [5.41, 5.74) is 0.633. The van der Waals surface area contributed by atoms with Crippen molar-refractivity contribution in [2.24, 2.45) is 57.2 Å². The highest BCUT2D eigenvalue weighted by Gasteiger charge is 2.35. The average Bonchev–Trinajstić information content (AvgIpc) is 3.38. The molecule has 81 heavy (non-hydrogen) atoms. The smallest absolute Gasteiger partial charge is 0.462 e. The summed E-state index contributed by atoms with van der Waals surface area (Å²) in [6.07, 6.45) is 36.0. The number of ether oxygens (including phenoxy) is 2. The van der Waals surface area contributed by atoms with Crippen LogP contribution in [0.2, 0.25) is 0 Å². The van der Waals surface area contributed by atoms with Crippen LogP contribution >= 0.6 is 8.60 Å². The number of benzene rings is 2. The topological polar surface area (TPSA) is 97.4 Å². The third kappa shape index (κ3) is 31.6. The molecule has 2 aromatic rings. The molecule has 0 radical (unpaired) electrons. The largest absolute Gasteiger partial charge is 0.532 e. The molecule has 0 aromatic heterocycles. The van der Waals surface area contributed by atoms with E-state index in [0.29, 0.717) is 23.7 Å². The molecule has 0 saturated heterocycles. The maximum Gasteiger partial charge on any atom is 0.532 e. The molecular formula is C72H125O8P. The Kier molecular flexibility index (Phi) is 36.1. The molecule has 8 nitrogen and oxygen atoms in total. The summed E-state index contributed by atoms with van der Waals surface area (Å²) in [6.45, 7) is 38.9. The standard InChI is InChI=1S/C72H125O8P/c1-18-22-24-26-28-30-32-34-36-38-44-59(69(6,7)8)50-57(20-3)52-61(71(12,13)14)54-76-67(74)63-46-40-42-48-65(63)79-81(78-56(5)73)80-66-49-43-41-47-64(66)68(75)77-55-62(72(15,16)17)53-58(21-4)51-60(70(9,10)11)45-39-37-35-33-31-29-27-25-23-19-2/h40-43,46-49,57-62H,18-39,44-45,50-55H2,1-17H3. The maximum absolute atomic E-state index is 14.1. The highest BCUT2D eigenvalue weighted by atomic mass is 31.2. The van der Waals surface area contributed by atoms with Crippen molar-refractivity contribution < 1.29 is 37.4 Å². The number of esters is 2. The van der Waals surface area contributed by atoms with Gasteiger partial charge in [0, 0.05) is 6.92 Å². The summed E-state index contributed by atoms with van der Waals surface area (Å²) < 4.78 is 30.6.